The molecule has 0 aliphatic carbocycles. The van der Waals surface area contributed by atoms with Gasteiger partial charge in [-0.05, 0) is 6.92 Å². The van der Waals surface area contributed by atoms with E-state index in [1.807, 2.05) is 0 Å². The van der Waals surface area contributed by atoms with Gasteiger partial charge in [0, 0.05) is 5.57 Å². The van der Waals surface area contributed by atoms with Crippen LogP contribution in [-0.4, -0.2) is 15.5 Å². The third kappa shape index (κ3) is 2.66. The van der Waals surface area contributed by atoms with E-state index in [0.717, 1.165) is 4.57 Å². The van der Waals surface area contributed by atoms with E-state index in [-0.39, 0.29) is 5.57 Å². The summed E-state index contributed by atoms with van der Waals surface area (Å²) >= 11 is 0. The van der Waals surface area contributed by atoms with E-state index in [9.17, 15) is 18.8 Å². The fraction of sp³-hybridized carbons (Fsp3) is 0.222. The molecule has 0 atom stereocenters. The predicted octanol–water partition coefficient (Wildman–Crippen LogP) is -0.247. The van der Waals surface area contributed by atoms with Gasteiger partial charge in [0.05, 0.1) is 6.20 Å². The standard InChI is InChI=1S/C9H9FN2O4/c1-5(2)8(14)16-4-12-3-6(10)7(13)11-9(12)15/h3H,1,4H2,2H3,(H,11,13,15). The maximum absolute atomic E-state index is 12.8. The van der Waals surface area contributed by atoms with Crippen molar-refractivity contribution in [2.24, 2.45) is 0 Å². The molecule has 0 bridgehead atoms. The van der Waals surface area contributed by atoms with Crippen LogP contribution in [0.2, 0.25) is 0 Å². The monoisotopic (exact) mass is 228 g/mol. The molecule has 0 amide bonds. The molecule has 7 heteroatoms. The second-order valence-electron chi connectivity index (χ2n) is 3.05. The van der Waals surface area contributed by atoms with E-state index < -0.39 is 29.8 Å². The quantitative estimate of drug-likeness (QED) is 0.571. The van der Waals surface area contributed by atoms with Crippen molar-refractivity contribution in [1.29, 1.82) is 0 Å². The van der Waals surface area contributed by atoms with Gasteiger partial charge < -0.3 is 4.74 Å². The number of carbonyl (C=O) groups excluding carboxylic acids is 1. The molecule has 0 saturated heterocycles. The molecule has 1 N–H and O–H groups in total. The summed E-state index contributed by atoms with van der Waals surface area (Å²) < 4.78 is 18.1. The van der Waals surface area contributed by atoms with Crippen molar-refractivity contribution in [2.75, 3.05) is 0 Å². The summed E-state index contributed by atoms with van der Waals surface area (Å²) in [6.07, 6.45) is 0.660. The molecule has 0 aromatic carbocycles. The van der Waals surface area contributed by atoms with E-state index in [1.54, 1.807) is 4.98 Å². The van der Waals surface area contributed by atoms with Crippen molar-refractivity contribution >= 4 is 5.97 Å². The minimum absolute atomic E-state index is 0.151. The van der Waals surface area contributed by atoms with E-state index in [4.69, 9.17) is 0 Å². The van der Waals surface area contributed by atoms with Gasteiger partial charge in [-0.3, -0.25) is 14.3 Å². The molecule has 0 fully saturated rings. The van der Waals surface area contributed by atoms with Gasteiger partial charge in [0.1, 0.15) is 0 Å². The van der Waals surface area contributed by atoms with Gasteiger partial charge in [-0.1, -0.05) is 6.58 Å². The van der Waals surface area contributed by atoms with E-state index >= 15 is 0 Å². The van der Waals surface area contributed by atoms with E-state index in [1.165, 1.54) is 6.92 Å². The Morgan fingerprint density at radius 3 is 2.81 bits per heavy atom. The van der Waals surface area contributed by atoms with Crippen LogP contribution in [0.1, 0.15) is 6.92 Å². The Balaban J connectivity index is 2.87. The minimum Gasteiger partial charge on any atom is -0.440 e. The molecule has 0 aliphatic rings. The summed E-state index contributed by atoms with van der Waals surface area (Å²) in [6, 6.07) is 0. The molecule has 6 nitrogen and oxygen atoms in total. The second kappa shape index (κ2) is 4.56. The third-order valence-electron chi connectivity index (χ3n) is 1.65. The Kier molecular flexibility index (Phi) is 3.39. The number of aromatic amines is 1. The zero-order valence-corrected chi connectivity index (χ0v) is 8.45. The first kappa shape index (κ1) is 11.9. The highest BCUT2D eigenvalue weighted by Gasteiger charge is 2.06. The third-order valence-corrected chi connectivity index (χ3v) is 1.65. The first-order chi connectivity index (χ1) is 7.41. The number of hydrogen-bond acceptors (Lipinski definition) is 4. The summed E-state index contributed by atoms with van der Waals surface area (Å²) in [7, 11) is 0. The maximum Gasteiger partial charge on any atom is 0.334 e. The molecule has 0 unspecified atom stereocenters. The smallest absolute Gasteiger partial charge is 0.334 e. The Bertz CT molecular complexity index is 543. The number of nitrogens with one attached hydrogen (secondary N) is 1. The number of hydrogen-bond donors (Lipinski definition) is 1. The minimum atomic E-state index is -1.13. The number of halogens is 1. The highest BCUT2D eigenvalue weighted by atomic mass is 19.1. The van der Waals surface area contributed by atoms with Crippen molar-refractivity contribution in [2.45, 2.75) is 13.7 Å². The number of aromatic nitrogens is 2. The van der Waals surface area contributed by atoms with Crippen LogP contribution < -0.4 is 11.2 Å². The average molecular weight is 228 g/mol. The molecule has 16 heavy (non-hydrogen) atoms. The lowest BCUT2D eigenvalue weighted by molar-refractivity contribution is -0.142. The Hall–Kier alpha value is -2.18. The Morgan fingerprint density at radius 1 is 1.62 bits per heavy atom. The first-order valence-electron chi connectivity index (χ1n) is 4.23. The Labute approximate surface area is 89.0 Å². The second-order valence-corrected chi connectivity index (χ2v) is 3.05. The molecular weight excluding hydrogens is 219 g/mol. The van der Waals surface area contributed by atoms with Crippen molar-refractivity contribution in [3.63, 3.8) is 0 Å². The van der Waals surface area contributed by atoms with Crippen LogP contribution in [0, 0.1) is 5.82 Å². The van der Waals surface area contributed by atoms with Gasteiger partial charge in [0.2, 0.25) is 5.82 Å². The van der Waals surface area contributed by atoms with Crippen molar-refractivity contribution in [3.05, 3.63) is 45.0 Å². The lowest BCUT2D eigenvalue weighted by Crippen LogP contribution is -2.32. The Morgan fingerprint density at radius 2 is 2.25 bits per heavy atom. The van der Waals surface area contributed by atoms with E-state index in [2.05, 4.69) is 11.3 Å². The fourth-order valence-corrected chi connectivity index (χ4v) is 0.830. The molecule has 1 aromatic heterocycles. The number of H-pyrrole nitrogens is 1. The highest BCUT2D eigenvalue weighted by Crippen LogP contribution is 1.93. The molecule has 1 heterocycles. The number of rotatable bonds is 3. The summed E-state index contributed by atoms with van der Waals surface area (Å²) in [5.41, 5.74) is -1.83. The van der Waals surface area contributed by atoms with Gasteiger partial charge in [-0.15, -0.1) is 0 Å². The average Bonchev–Trinajstić information content (AvgIpc) is 2.20. The van der Waals surface area contributed by atoms with Crippen molar-refractivity contribution in [3.8, 4) is 0 Å². The molecule has 0 aliphatic heterocycles. The lowest BCUT2D eigenvalue weighted by Gasteiger charge is -2.06. The molecule has 0 spiro atoms. The van der Waals surface area contributed by atoms with Crippen molar-refractivity contribution in [1.82, 2.24) is 9.55 Å². The van der Waals surface area contributed by atoms with E-state index in [0.29, 0.717) is 6.20 Å². The molecule has 1 rings (SSSR count). The number of ether oxygens (including phenoxy) is 1. The first-order valence-corrected chi connectivity index (χ1v) is 4.23. The molecule has 1 aromatic rings. The lowest BCUT2D eigenvalue weighted by atomic mass is 10.4. The van der Waals surface area contributed by atoms with Crippen LogP contribution >= 0.6 is 0 Å². The highest BCUT2D eigenvalue weighted by molar-refractivity contribution is 5.86. The van der Waals surface area contributed by atoms with Gasteiger partial charge >= 0.3 is 11.7 Å². The zero-order valence-electron chi connectivity index (χ0n) is 8.45. The van der Waals surface area contributed by atoms with Crippen LogP contribution in [0.4, 0.5) is 4.39 Å². The van der Waals surface area contributed by atoms with Gasteiger partial charge in [-0.2, -0.15) is 4.39 Å². The number of carbonyl (C=O) groups is 1. The van der Waals surface area contributed by atoms with Crippen LogP contribution in [0.5, 0.6) is 0 Å². The van der Waals surface area contributed by atoms with Crippen LogP contribution in [0.15, 0.2) is 27.9 Å². The van der Waals surface area contributed by atoms with Gasteiger partial charge in [0.25, 0.3) is 5.56 Å². The topological polar surface area (TPSA) is 81.2 Å². The summed E-state index contributed by atoms with van der Waals surface area (Å²) in [5.74, 6) is -1.84. The fourth-order valence-electron chi connectivity index (χ4n) is 0.830. The predicted molar refractivity (Wildman–Crippen MR) is 52.2 cm³/mol. The maximum atomic E-state index is 12.8. The van der Waals surface area contributed by atoms with Gasteiger partial charge in [0.15, 0.2) is 6.73 Å². The largest absolute Gasteiger partial charge is 0.440 e. The number of nitrogens with zero attached hydrogens (tertiary/aromatic N) is 1. The van der Waals surface area contributed by atoms with Crippen LogP contribution in [0.25, 0.3) is 0 Å². The van der Waals surface area contributed by atoms with Crippen LogP contribution in [0.3, 0.4) is 0 Å². The molecule has 86 valence electrons. The molecule has 0 radical (unpaired) electrons. The van der Waals surface area contributed by atoms with Crippen LogP contribution in [-0.2, 0) is 16.3 Å². The molecular formula is C9H9FN2O4. The summed E-state index contributed by atoms with van der Waals surface area (Å²) in [4.78, 5) is 34.5. The summed E-state index contributed by atoms with van der Waals surface area (Å²) in [5, 5.41) is 0. The number of esters is 1. The SMILES string of the molecule is C=C(C)C(=O)OCn1cc(F)c(=O)[nH]c1=O. The van der Waals surface area contributed by atoms with Crippen molar-refractivity contribution < 1.29 is 13.9 Å². The normalized spacial score (nSPS) is 9.88. The van der Waals surface area contributed by atoms with Gasteiger partial charge in [-0.25, -0.2) is 9.59 Å². The summed E-state index contributed by atoms with van der Waals surface area (Å²) in [6.45, 7) is 4.27. The zero-order chi connectivity index (χ0) is 12.3. The molecule has 0 saturated carbocycles.